The number of hydrogen-bond donors (Lipinski definition) is 3. The first-order valence-electron chi connectivity index (χ1n) is 24.8. The van der Waals surface area contributed by atoms with Gasteiger partial charge >= 0.3 is 0 Å². The third-order valence-electron chi connectivity index (χ3n) is 11.3. The number of nitrogens with one attached hydrogen (secondary N) is 1. The number of carbonyl (C=O) groups is 1. The van der Waals surface area contributed by atoms with Gasteiger partial charge in [0.05, 0.1) is 39.9 Å². The van der Waals surface area contributed by atoms with E-state index in [1.807, 2.05) is 21.1 Å². The Hall–Kier alpha value is -1.06. The van der Waals surface area contributed by atoms with Gasteiger partial charge in [0.1, 0.15) is 19.3 Å². The Morgan fingerprint density at radius 2 is 1.02 bits per heavy atom. The van der Waals surface area contributed by atoms with E-state index in [2.05, 4.69) is 43.5 Å². The van der Waals surface area contributed by atoms with E-state index in [4.69, 9.17) is 9.05 Å². The van der Waals surface area contributed by atoms with Gasteiger partial charge in [-0.3, -0.25) is 9.36 Å². The zero-order valence-corrected chi connectivity index (χ0v) is 40.2. The van der Waals surface area contributed by atoms with E-state index in [-0.39, 0.29) is 18.9 Å². The number of aliphatic hydroxyl groups excluding tert-OH is 2. The van der Waals surface area contributed by atoms with Gasteiger partial charge in [-0.25, -0.2) is 0 Å². The number of likely N-dealkylation sites (N-methyl/N-ethyl adjacent to an activating group) is 1. The molecule has 1 amide bonds. The maximum atomic E-state index is 12.9. The molecule has 0 aromatic rings. The molecule has 0 saturated carbocycles. The summed E-state index contributed by atoms with van der Waals surface area (Å²) in [5, 5.41) is 24.7. The van der Waals surface area contributed by atoms with Crippen molar-refractivity contribution in [3.63, 3.8) is 0 Å². The molecule has 0 rings (SSSR count). The quantitative estimate of drug-likeness (QED) is 0.0241. The molecule has 4 unspecified atom stereocenters. The van der Waals surface area contributed by atoms with Gasteiger partial charge in [-0.1, -0.05) is 199 Å². The van der Waals surface area contributed by atoms with Crippen molar-refractivity contribution in [3.8, 4) is 0 Å². The number of phosphoric acid groups is 1. The fourth-order valence-corrected chi connectivity index (χ4v) is 8.01. The third-order valence-corrected chi connectivity index (χ3v) is 12.2. The van der Waals surface area contributed by atoms with Gasteiger partial charge in [-0.05, 0) is 44.9 Å². The molecule has 0 saturated heterocycles. The van der Waals surface area contributed by atoms with Crippen LogP contribution in [-0.2, 0) is 18.4 Å². The largest absolute Gasteiger partial charge is 0.756 e. The Morgan fingerprint density at radius 3 is 1.46 bits per heavy atom. The molecular weight excluding hydrogens is 760 g/mol. The molecule has 0 bridgehead atoms. The number of allylic oxidation sites excluding steroid dienone is 4. The lowest BCUT2D eigenvalue weighted by Crippen LogP contribution is -2.51. The van der Waals surface area contributed by atoms with Gasteiger partial charge in [-0.15, -0.1) is 0 Å². The molecule has 59 heavy (non-hydrogen) atoms. The second-order valence-electron chi connectivity index (χ2n) is 18.3. The van der Waals surface area contributed by atoms with Gasteiger partial charge < -0.3 is 34.0 Å². The van der Waals surface area contributed by atoms with E-state index < -0.39 is 32.7 Å². The van der Waals surface area contributed by atoms with Crippen molar-refractivity contribution >= 4 is 13.7 Å². The molecular formula is C49H97N2O7P. The predicted molar refractivity (Wildman–Crippen MR) is 248 cm³/mol. The lowest BCUT2D eigenvalue weighted by Gasteiger charge is -2.31. The van der Waals surface area contributed by atoms with Crippen LogP contribution in [0.15, 0.2) is 24.3 Å². The van der Waals surface area contributed by atoms with Crippen molar-refractivity contribution < 1.29 is 38.0 Å². The van der Waals surface area contributed by atoms with Crippen molar-refractivity contribution in [2.45, 2.75) is 244 Å². The highest BCUT2D eigenvalue weighted by atomic mass is 31.2. The third kappa shape index (κ3) is 42.0. The molecule has 0 heterocycles. The van der Waals surface area contributed by atoms with Crippen LogP contribution in [0.1, 0.15) is 226 Å². The van der Waals surface area contributed by atoms with Crippen molar-refractivity contribution in [1.29, 1.82) is 0 Å². The summed E-state index contributed by atoms with van der Waals surface area (Å²) in [5.74, 6) is -0.280. The summed E-state index contributed by atoms with van der Waals surface area (Å²) < 4.78 is 23.2. The molecule has 350 valence electrons. The maximum Gasteiger partial charge on any atom is 0.268 e. The highest BCUT2D eigenvalue weighted by Gasteiger charge is 2.29. The molecule has 0 aliphatic carbocycles. The minimum absolute atomic E-state index is 0.0402. The topological polar surface area (TPSA) is 128 Å². The lowest BCUT2D eigenvalue weighted by atomic mass is 9.99. The Kier molecular flexibility index (Phi) is 40.2. The molecule has 3 N–H and O–H groups in total. The predicted octanol–water partition coefficient (Wildman–Crippen LogP) is 12.4. The van der Waals surface area contributed by atoms with Crippen LogP contribution < -0.4 is 10.2 Å². The maximum absolute atomic E-state index is 12.9. The van der Waals surface area contributed by atoms with Crippen molar-refractivity contribution in [3.05, 3.63) is 24.3 Å². The molecule has 0 aromatic heterocycles. The molecule has 0 aliphatic heterocycles. The number of nitrogens with zero attached hydrogens (tertiary/aromatic N) is 1. The lowest BCUT2D eigenvalue weighted by molar-refractivity contribution is -0.870. The number of amides is 1. The van der Waals surface area contributed by atoms with Crippen LogP contribution in [0.5, 0.6) is 0 Å². The first-order chi connectivity index (χ1) is 28.4. The number of unbranched alkanes of at least 4 members (excludes halogenated alkanes) is 27. The first-order valence-corrected chi connectivity index (χ1v) is 26.2. The van der Waals surface area contributed by atoms with Crippen LogP contribution in [0.25, 0.3) is 0 Å². The minimum Gasteiger partial charge on any atom is -0.756 e. The number of quaternary nitrogens is 1. The van der Waals surface area contributed by atoms with Crippen molar-refractivity contribution in [2.24, 2.45) is 0 Å². The van der Waals surface area contributed by atoms with Crippen LogP contribution in [0.2, 0.25) is 0 Å². The van der Waals surface area contributed by atoms with Gasteiger partial charge in [-0.2, -0.15) is 0 Å². The smallest absolute Gasteiger partial charge is 0.268 e. The minimum atomic E-state index is -4.66. The SMILES string of the molecule is CCCCCCC/C=C\C/C=C\CCCCCCCCCCCCCC(=O)NC(COP(=O)([O-])OCC[N+](C)(C)C)C(O)C(O)CCCCCCCCCCCCCC. The van der Waals surface area contributed by atoms with E-state index in [1.165, 1.54) is 148 Å². The zero-order chi connectivity index (χ0) is 43.7. The van der Waals surface area contributed by atoms with Crippen molar-refractivity contribution in [2.75, 3.05) is 40.9 Å². The zero-order valence-electron chi connectivity index (χ0n) is 39.3. The summed E-state index contributed by atoms with van der Waals surface area (Å²) in [6, 6.07) is -1.07. The Morgan fingerprint density at radius 1 is 0.610 bits per heavy atom. The molecule has 9 nitrogen and oxygen atoms in total. The molecule has 10 heteroatoms. The number of carbonyl (C=O) groups excluding carboxylic acids is 1. The molecule has 0 radical (unpaired) electrons. The van der Waals surface area contributed by atoms with E-state index >= 15 is 0 Å². The average Bonchev–Trinajstić information content (AvgIpc) is 3.19. The van der Waals surface area contributed by atoms with Gasteiger partial charge in [0, 0.05) is 6.42 Å². The standard InChI is InChI=1S/C49H97N2O7P/c1-6-8-10-12-14-16-18-20-21-22-23-24-25-26-27-28-29-30-32-34-36-38-40-42-48(53)50-46(45-58-59(55,56)57-44-43-51(3,4)5)49(54)47(52)41-39-37-35-33-31-19-17-15-13-11-9-7-2/h18,20,22-23,46-47,49,52,54H,6-17,19,21,24-45H2,1-5H3,(H-,50,53,55,56)/b20-18-,23-22-. The van der Waals surface area contributed by atoms with Gasteiger partial charge in [0.15, 0.2) is 0 Å². The molecule has 0 fully saturated rings. The van der Waals surface area contributed by atoms with Crippen LogP contribution in [0.3, 0.4) is 0 Å². The highest BCUT2D eigenvalue weighted by molar-refractivity contribution is 7.45. The van der Waals surface area contributed by atoms with E-state index in [0.29, 0.717) is 17.4 Å². The van der Waals surface area contributed by atoms with Crippen LogP contribution >= 0.6 is 7.82 Å². The van der Waals surface area contributed by atoms with Gasteiger partial charge in [0.25, 0.3) is 7.82 Å². The summed E-state index contributed by atoms with van der Waals surface area (Å²) in [5.41, 5.74) is 0. The molecule has 4 atom stereocenters. The molecule has 0 aromatic carbocycles. The number of phosphoric ester groups is 1. The summed E-state index contributed by atoms with van der Waals surface area (Å²) in [7, 11) is 1.13. The van der Waals surface area contributed by atoms with E-state index in [1.54, 1.807) is 0 Å². The van der Waals surface area contributed by atoms with E-state index in [0.717, 1.165) is 51.4 Å². The monoisotopic (exact) mass is 857 g/mol. The second-order valence-corrected chi connectivity index (χ2v) is 19.7. The van der Waals surface area contributed by atoms with Crippen LogP contribution in [-0.4, -0.2) is 79.8 Å². The van der Waals surface area contributed by atoms with Crippen LogP contribution in [0, 0.1) is 0 Å². The fraction of sp³-hybridized carbons (Fsp3) is 0.898. The average molecular weight is 857 g/mol. The Balaban J connectivity index is 4.33. The van der Waals surface area contributed by atoms with E-state index in [9.17, 15) is 24.5 Å². The van der Waals surface area contributed by atoms with Crippen molar-refractivity contribution in [1.82, 2.24) is 5.32 Å². The van der Waals surface area contributed by atoms with Crippen LogP contribution in [0.4, 0.5) is 0 Å². The Labute approximate surface area is 365 Å². The summed E-state index contributed by atoms with van der Waals surface area (Å²) in [6.45, 7) is 4.43. The number of hydrogen-bond acceptors (Lipinski definition) is 7. The summed E-state index contributed by atoms with van der Waals surface area (Å²) in [4.78, 5) is 25.4. The normalized spacial score (nSPS) is 14.9. The number of aliphatic hydroxyl groups is 2. The number of rotatable bonds is 45. The summed E-state index contributed by atoms with van der Waals surface area (Å²) in [6.07, 6.45) is 45.0. The molecule has 0 spiro atoms. The Bertz CT molecular complexity index is 1030. The molecule has 0 aliphatic rings. The fourth-order valence-electron chi connectivity index (χ4n) is 7.28. The highest BCUT2D eigenvalue weighted by Crippen LogP contribution is 2.38. The van der Waals surface area contributed by atoms with Gasteiger partial charge in [0.2, 0.25) is 5.91 Å². The second kappa shape index (κ2) is 41.0. The first kappa shape index (κ1) is 57.9. The summed E-state index contributed by atoms with van der Waals surface area (Å²) >= 11 is 0.